The van der Waals surface area contributed by atoms with E-state index in [0.717, 1.165) is 30.6 Å². The minimum absolute atomic E-state index is 0.0504. The fourth-order valence-corrected chi connectivity index (χ4v) is 2.04. The summed E-state index contributed by atoms with van der Waals surface area (Å²) in [6.45, 7) is 0. The van der Waals surface area contributed by atoms with Gasteiger partial charge >= 0.3 is 0 Å². The Morgan fingerprint density at radius 2 is 1.88 bits per heavy atom. The molecular weight excluding hydrogens is 226 g/mol. The zero-order chi connectivity index (χ0) is 11.8. The fourth-order valence-electron chi connectivity index (χ4n) is 1.78. The summed E-state index contributed by atoms with van der Waals surface area (Å²) in [6.07, 6.45) is 2.94. The Morgan fingerprint density at radius 3 is 2.38 bits per heavy atom. The zero-order valence-corrected chi connectivity index (χ0v) is 10.3. The molecule has 0 atom stereocenters. The van der Waals surface area contributed by atoms with Gasteiger partial charge in [0.05, 0.1) is 19.2 Å². The van der Waals surface area contributed by atoms with Crippen LogP contribution in [0.15, 0.2) is 12.1 Å². The van der Waals surface area contributed by atoms with Crippen LogP contribution < -0.4 is 15.2 Å². The van der Waals surface area contributed by atoms with Gasteiger partial charge in [0.25, 0.3) is 0 Å². The molecule has 4 heteroatoms. The first-order valence-electron chi connectivity index (χ1n) is 5.27. The number of methoxy groups -OCH3 is 2. The quantitative estimate of drug-likeness (QED) is 0.881. The molecule has 0 aliphatic heterocycles. The van der Waals surface area contributed by atoms with Crippen molar-refractivity contribution >= 4 is 11.6 Å². The van der Waals surface area contributed by atoms with Gasteiger partial charge in [-0.2, -0.15) is 0 Å². The van der Waals surface area contributed by atoms with E-state index in [1.807, 2.05) is 12.1 Å². The van der Waals surface area contributed by atoms with Gasteiger partial charge < -0.3 is 15.2 Å². The van der Waals surface area contributed by atoms with Gasteiger partial charge in [-0.15, -0.1) is 0 Å². The van der Waals surface area contributed by atoms with E-state index >= 15 is 0 Å². The monoisotopic (exact) mass is 241 g/mol. The Morgan fingerprint density at radius 1 is 1.25 bits per heavy atom. The minimum Gasteiger partial charge on any atom is -0.496 e. The molecule has 2 rings (SSSR count). The van der Waals surface area contributed by atoms with E-state index in [1.165, 1.54) is 0 Å². The summed E-state index contributed by atoms with van der Waals surface area (Å²) in [7, 11) is 3.23. The van der Waals surface area contributed by atoms with E-state index in [-0.39, 0.29) is 5.54 Å². The average molecular weight is 242 g/mol. The third-order valence-electron chi connectivity index (χ3n) is 2.99. The lowest BCUT2D eigenvalue weighted by atomic mass is 10.0. The van der Waals surface area contributed by atoms with Gasteiger partial charge in [0, 0.05) is 11.6 Å². The van der Waals surface area contributed by atoms with E-state index in [1.54, 1.807) is 14.2 Å². The van der Waals surface area contributed by atoms with Gasteiger partial charge in [0.15, 0.2) is 0 Å². The number of hydrogen-bond donors (Lipinski definition) is 1. The number of halogens is 1. The molecule has 0 amide bonds. The third kappa shape index (κ3) is 2.25. The van der Waals surface area contributed by atoms with Crippen molar-refractivity contribution in [2.75, 3.05) is 14.2 Å². The number of nitrogens with two attached hydrogens (primary N) is 1. The average Bonchev–Trinajstić information content (AvgIpc) is 2.96. The largest absolute Gasteiger partial charge is 0.496 e. The van der Waals surface area contributed by atoms with Crippen LogP contribution in [0, 0.1) is 0 Å². The zero-order valence-electron chi connectivity index (χ0n) is 9.55. The second-order valence-electron chi connectivity index (χ2n) is 4.34. The molecule has 0 bridgehead atoms. The Kier molecular flexibility index (Phi) is 3.00. The maximum absolute atomic E-state index is 6.09. The predicted molar refractivity (Wildman–Crippen MR) is 64.4 cm³/mol. The van der Waals surface area contributed by atoms with Crippen LogP contribution in [-0.2, 0) is 6.42 Å². The molecule has 0 radical (unpaired) electrons. The lowest BCUT2D eigenvalue weighted by Gasteiger charge is -2.14. The summed E-state index contributed by atoms with van der Waals surface area (Å²) in [6, 6.07) is 3.69. The molecule has 0 aromatic heterocycles. The van der Waals surface area contributed by atoms with Crippen LogP contribution >= 0.6 is 11.6 Å². The summed E-state index contributed by atoms with van der Waals surface area (Å²) in [4.78, 5) is 0. The highest BCUT2D eigenvalue weighted by Crippen LogP contribution is 2.40. The molecule has 0 spiro atoms. The molecule has 1 aromatic rings. The van der Waals surface area contributed by atoms with Crippen LogP contribution in [0.3, 0.4) is 0 Å². The normalized spacial score (nSPS) is 17.0. The number of benzene rings is 1. The second kappa shape index (κ2) is 4.15. The number of hydrogen-bond acceptors (Lipinski definition) is 3. The van der Waals surface area contributed by atoms with Gasteiger partial charge in [0.1, 0.15) is 11.5 Å². The second-order valence-corrected chi connectivity index (χ2v) is 4.74. The molecule has 1 aliphatic rings. The molecule has 1 aromatic carbocycles. The van der Waals surface area contributed by atoms with Crippen molar-refractivity contribution in [3.05, 3.63) is 22.7 Å². The first-order valence-corrected chi connectivity index (χ1v) is 5.65. The van der Waals surface area contributed by atoms with Gasteiger partial charge in [-0.3, -0.25) is 0 Å². The van der Waals surface area contributed by atoms with E-state index < -0.39 is 0 Å². The van der Waals surface area contributed by atoms with Crippen molar-refractivity contribution < 1.29 is 9.47 Å². The smallest absolute Gasteiger partial charge is 0.141 e. The molecule has 0 unspecified atom stereocenters. The first kappa shape index (κ1) is 11.6. The topological polar surface area (TPSA) is 44.5 Å². The van der Waals surface area contributed by atoms with Gasteiger partial charge in [0.2, 0.25) is 0 Å². The van der Waals surface area contributed by atoms with Crippen molar-refractivity contribution in [1.29, 1.82) is 0 Å². The molecule has 3 nitrogen and oxygen atoms in total. The van der Waals surface area contributed by atoms with Gasteiger partial charge in [-0.1, -0.05) is 11.6 Å². The summed E-state index contributed by atoms with van der Waals surface area (Å²) >= 11 is 6.09. The lowest BCUT2D eigenvalue weighted by molar-refractivity contribution is 0.389. The molecule has 0 heterocycles. The SMILES string of the molecule is COc1cc(OC)c(CC2(N)CC2)cc1Cl. The van der Waals surface area contributed by atoms with Crippen LogP contribution in [0.2, 0.25) is 5.02 Å². The van der Waals surface area contributed by atoms with E-state index in [2.05, 4.69) is 0 Å². The van der Waals surface area contributed by atoms with Crippen molar-refractivity contribution in [1.82, 2.24) is 0 Å². The van der Waals surface area contributed by atoms with E-state index in [4.69, 9.17) is 26.8 Å². The van der Waals surface area contributed by atoms with Gasteiger partial charge in [-0.25, -0.2) is 0 Å². The molecule has 88 valence electrons. The predicted octanol–water partition coefficient (Wildman–Crippen LogP) is 2.39. The Balaban J connectivity index is 2.32. The molecule has 16 heavy (non-hydrogen) atoms. The fraction of sp³-hybridized carbons (Fsp3) is 0.500. The molecule has 1 aliphatic carbocycles. The van der Waals surface area contributed by atoms with Crippen LogP contribution in [0.1, 0.15) is 18.4 Å². The summed E-state index contributed by atoms with van der Waals surface area (Å²) in [5.41, 5.74) is 7.09. The Hall–Kier alpha value is -0.930. The minimum atomic E-state index is -0.0504. The molecular formula is C12H16ClNO2. The van der Waals surface area contributed by atoms with Crippen molar-refractivity contribution in [3.63, 3.8) is 0 Å². The van der Waals surface area contributed by atoms with E-state index in [9.17, 15) is 0 Å². The van der Waals surface area contributed by atoms with Crippen LogP contribution in [0.4, 0.5) is 0 Å². The van der Waals surface area contributed by atoms with Gasteiger partial charge in [-0.05, 0) is 30.9 Å². The maximum atomic E-state index is 6.09. The summed E-state index contributed by atoms with van der Waals surface area (Å²) < 4.78 is 10.5. The Labute approximate surface area is 100 Å². The van der Waals surface area contributed by atoms with Crippen molar-refractivity contribution in [2.45, 2.75) is 24.8 Å². The summed E-state index contributed by atoms with van der Waals surface area (Å²) in [5, 5.41) is 0.600. The molecule has 0 saturated heterocycles. The number of ether oxygens (including phenoxy) is 2. The highest BCUT2D eigenvalue weighted by atomic mass is 35.5. The first-order chi connectivity index (χ1) is 7.58. The van der Waals surface area contributed by atoms with Crippen LogP contribution in [0.25, 0.3) is 0 Å². The van der Waals surface area contributed by atoms with Crippen LogP contribution in [-0.4, -0.2) is 19.8 Å². The maximum Gasteiger partial charge on any atom is 0.141 e. The van der Waals surface area contributed by atoms with Crippen molar-refractivity contribution in [3.8, 4) is 11.5 Å². The lowest BCUT2D eigenvalue weighted by Crippen LogP contribution is -2.24. The van der Waals surface area contributed by atoms with E-state index in [0.29, 0.717) is 10.8 Å². The summed E-state index contributed by atoms with van der Waals surface area (Å²) in [5.74, 6) is 1.42. The molecule has 1 saturated carbocycles. The Bertz CT molecular complexity index is 402. The molecule has 2 N–H and O–H groups in total. The third-order valence-corrected chi connectivity index (χ3v) is 3.28. The van der Waals surface area contributed by atoms with Crippen molar-refractivity contribution in [2.24, 2.45) is 5.73 Å². The highest BCUT2D eigenvalue weighted by molar-refractivity contribution is 6.32. The highest BCUT2D eigenvalue weighted by Gasteiger charge is 2.38. The molecule has 1 fully saturated rings. The number of rotatable bonds is 4. The standard InChI is InChI=1S/C12H16ClNO2/c1-15-10-6-11(16-2)9(13)5-8(10)7-12(14)3-4-12/h5-6H,3-4,7,14H2,1-2H3. The van der Waals surface area contributed by atoms with Crippen LogP contribution in [0.5, 0.6) is 11.5 Å².